The molecule has 0 fully saturated rings. The van der Waals surface area contributed by atoms with Crippen molar-refractivity contribution in [3.63, 3.8) is 0 Å². The third-order valence-electron chi connectivity index (χ3n) is 4.25. The molecule has 1 unspecified atom stereocenters. The molecule has 0 aromatic heterocycles. The van der Waals surface area contributed by atoms with E-state index >= 15 is 0 Å². The lowest BCUT2D eigenvalue weighted by Crippen LogP contribution is -2.28. The molecule has 0 spiro atoms. The molecule has 0 saturated heterocycles. The van der Waals surface area contributed by atoms with Gasteiger partial charge < -0.3 is 14.2 Å². The molecule has 0 bridgehead atoms. The van der Waals surface area contributed by atoms with E-state index in [1.54, 1.807) is 13.2 Å². The van der Waals surface area contributed by atoms with E-state index in [4.69, 9.17) is 14.2 Å². The van der Waals surface area contributed by atoms with E-state index in [9.17, 15) is 8.42 Å². The number of hydrogen-bond acceptors (Lipinski definition) is 5. The lowest BCUT2D eigenvalue weighted by Gasteiger charge is -2.18. The molecule has 2 aromatic carbocycles. The second-order valence-electron chi connectivity index (χ2n) is 6.01. The number of ether oxygens (including phenoxy) is 3. The van der Waals surface area contributed by atoms with Crippen molar-refractivity contribution in [2.45, 2.75) is 30.7 Å². The molecule has 0 aliphatic carbocycles. The third kappa shape index (κ3) is 4.11. The van der Waals surface area contributed by atoms with E-state index in [1.807, 2.05) is 31.2 Å². The van der Waals surface area contributed by atoms with E-state index in [0.717, 1.165) is 17.7 Å². The number of sulfonamides is 1. The summed E-state index contributed by atoms with van der Waals surface area (Å²) in [5, 5.41) is 0. The minimum Gasteiger partial charge on any atom is -0.497 e. The lowest BCUT2D eigenvalue weighted by molar-refractivity contribution is 0.297. The van der Waals surface area contributed by atoms with Gasteiger partial charge in [-0.15, -0.1) is 0 Å². The largest absolute Gasteiger partial charge is 0.497 e. The summed E-state index contributed by atoms with van der Waals surface area (Å²) in [4.78, 5) is 0.161. The maximum absolute atomic E-state index is 12.8. The van der Waals surface area contributed by atoms with Crippen LogP contribution < -0.4 is 18.9 Å². The van der Waals surface area contributed by atoms with Crippen molar-refractivity contribution in [2.75, 3.05) is 20.3 Å². The first-order valence-corrected chi connectivity index (χ1v) is 10.1. The van der Waals surface area contributed by atoms with Gasteiger partial charge in [0.1, 0.15) is 5.75 Å². The first-order valence-electron chi connectivity index (χ1n) is 8.59. The molecular weight excluding hydrogens is 354 g/mol. The van der Waals surface area contributed by atoms with Gasteiger partial charge in [0.2, 0.25) is 10.0 Å². The van der Waals surface area contributed by atoms with Crippen LogP contribution in [0.1, 0.15) is 31.4 Å². The van der Waals surface area contributed by atoms with Crippen molar-refractivity contribution in [3.05, 3.63) is 48.0 Å². The summed E-state index contributed by atoms with van der Waals surface area (Å²) in [5.41, 5.74) is 0.881. The number of nitrogens with one attached hydrogen (secondary N) is 1. The maximum Gasteiger partial charge on any atom is 0.241 e. The highest BCUT2D eigenvalue weighted by Gasteiger charge is 2.22. The average molecular weight is 377 g/mol. The van der Waals surface area contributed by atoms with Crippen LogP contribution in [-0.4, -0.2) is 28.7 Å². The summed E-state index contributed by atoms with van der Waals surface area (Å²) in [5.74, 6) is 1.76. The second-order valence-corrected chi connectivity index (χ2v) is 7.73. The Morgan fingerprint density at radius 1 is 1.08 bits per heavy atom. The first-order chi connectivity index (χ1) is 12.5. The molecule has 3 rings (SSSR count). The Bertz CT molecular complexity index is 849. The lowest BCUT2D eigenvalue weighted by atomic mass is 10.1. The van der Waals surface area contributed by atoms with Crippen LogP contribution in [0.5, 0.6) is 17.2 Å². The van der Waals surface area contributed by atoms with Gasteiger partial charge in [-0.25, -0.2) is 13.1 Å². The minimum atomic E-state index is -3.70. The highest BCUT2D eigenvalue weighted by Crippen LogP contribution is 2.32. The second kappa shape index (κ2) is 7.97. The quantitative estimate of drug-likeness (QED) is 0.836. The Kier molecular flexibility index (Phi) is 5.68. The zero-order valence-corrected chi connectivity index (χ0v) is 15.7. The van der Waals surface area contributed by atoms with Crippen molar-refractivity contribution >= 4 is 10.0 Å². The van der Waals surface area contributed by atoms with Gasteiger partial charge in [0, 0.05) is 18.5 Å². The van der Waals surface area contributed by atoms with Gasteiger partial charge in [0.15, 0.2) is 11.5 Å². The molecule has 7 heteroatoms. The van der Waals surface area contributed by atoms with Gasteiger partial charge in [-0.2, -0.15) is 0 Å². The van der Waals surface area contributed by atoms with Crippen LogP contribution in [-0.2, 0) is 10.0 Å². The predicted molar refractivity (Wildman–Crippen MR) is 98.4 cm³/mol. The molecule has 6 nitrogen and oxygen atoms in total. The number of hydrogen-bond donors (Lipinski definition) is 1. The molecule has 0 saturated carbocycles. The molecule has 26 heavy (non-hydrogen) atoms. The summed E-state index contributed by atoms with van der Waals surface area (Å²) in [6.45, 7) is 3.01. The van der Waals surface area contributed by atoms with Gasteiger partial charge in [-0.3, -0.25) is 0 Å². The summed E-state index contributed by atoms with van der Waals surface area (Å²) < 4.78 is 44.7. The van der Waals surface area contributed by atoms with E-state index < -0.39 is 10.0 Å². The number of fused-ring (bicyclic) bond motifs is 1. The fourth-order valence-electron chi connectivity index (χ4n) is 2.79. The van der Waals surface area contributed by atoms with Crippen LogP contribution in [0.15, 0.2) is 47.4 Å². The van der Waals surface area contributed by atoms with E-state index in [-0.39, 0.29) is 10.9 Å². The first kappa shape index (κ1) is 18.5. The average Bonchev–Trinajstić information content (AvgIpc) is 2.91. The molecule has 1 heterocycles. The van der Waals surface area contributed by atoms with Crippen molar-refractivity contribution in [2.24, 2.45) is 0 Å². The van der Waals surface area contributed by atoms with Crippen LogP contribution in [0.25, 0.3) is 0 Å². The monoisotopic (exact) mass is 377 g/mol. The van der Waals surface area contributed by atoms with Gasteiger partial charge in [0.25, 0.3) is 0 Å². The predicted octanol–water partition coefficient (Wildman–Crippen LogP) is 3.29. The molecule has 1 aliphatic rings. The van der Waals surface area contributed by atoms with Gasteiger partial charge in [-0.05, 0) is 36.2 Å². The normalized spacial score (nSPS) is 15.2. The Hall–Kier alpha value is -2.25. The number of rotatable bonds is 6. The minimum absolute atomic E-state index is 0.161. The molecule has 140 valence electrons. The number of benzene rings is 2. The van der Waals surface area contributed by atoms with E-state index in [0.29, 0.717) is 31.1 Å². The Morgan fingerprint density at radius 3 is 2.42 bits per heavy atom. The number of methoxy groups -OCH3 is 1. The summed E-state index contributed by atoms with van der Waals surface area (Å²) >= 11 is 0. The third-order valence-corrected chi connectivity index (χ3v) is 5.72. The zero-order chi connectivity index (χ0) is 18.6. The Morgan fingerprint density at radius 2 is 1.77 bits per heavy atom. The van der Waals surface area contributed by atoms with Crippen LogP contribution >= 0.6 is 0 Å². The highest BCUT2D eigenvalue weighted by atomic mass is 32.2. The molecule has 0 amide bonds. The van der Waals surface area contributed by atoms with E-state index in [2.05, 4.69) is 4.72 Å². The fourth-order valence-corrected chi connectivity index (χ4v) is 4.11. The van der Waals surface area contributed by atoms with Crippen LogP contribution in [0.4, 0.5) is 0 Å². The van der Waals surface area contributed by atoms with E-state index in [1.165, 1.54) is 12.1 Å². The molecule has 0 radical (unpaired) electrons. The smallest absolute Gasteiger partial charge is 0.241 e. The highest BCUT2D eigenvalue weighted by molar-refractivity contribution is 7.89. The van der Waals surface area contributed by atoms with Gasteiger partial charge in [0.05, 0.1) is 25.2 Å². The Balaban J connectivity index is 1.83. The molecule has 1 atom stereocenters. The van der Waals surface area contributed by atoms with Crippen molar-refractivity contribution in [1.82, 2.24) is 4.72 Å². The summed E-state index contributed by atoms with van der Waals surface area (Å²) in [6.07, 6.45) is 1.39. The van der Waals surface area contributed by atoms with Crippen molar-refractivity contribution in [3.8, 4) is 17.2 Å². The van der Waals surface area contributed by atoms with Gasteiger partial charge >= 0.3 is 0 Å². The van der Waals surface area contributed by atoms with Crippen LogP contribution in [0, 0.1) is 0 Å². The standard InChI is InChI=1S/C19H23NO5S/c1-3-17(14-5-7-15(23-2)8-6-14)20-26(21,22)16-9-10-18-19(13-16)25-12-4-11-24-18/h5-10,13,17,20H,3-4,11-12H2,1-2H3. The molecule has 1 aliphatic heterocycles. The zero-order valence-electron chi connectivity index (χ0n) is 14.9. The van der Waals surface area contributed by atoms with Crippen LogP contribution in [0.3, 0.4) is 0 Å². The summed E-state index contributed by atoms with van der Waals surface area (Å²) in [7, 11) is -2.10. The van der Waals surface area contributed by atoms with Crippen LogP contribution in [0.2, 0.25) is 0 Å². The molecular formula is C19H23NO5S. The fraction of sp³-hybridized carbons (Fsp3) is 0.368. The van der Waals surface area contributed by atoms with Crippen molar-refractivity contribution in [1.29, 1.82) is 0 Å². The maximum atomic E-state index is 12.8. The topological polar surface area (TPSA) is 73.9 Å². The molecule has 2 aromatic rings. The van der Waals surface area contributed by atoms with Crippen molar-refractivity contribution < 1.29 is 22.6 Å². The SMILES string of the molecule is CCC(NS(=O)(=O)c1ccc2c(c1)OCCCO2)c1ccc(OC)cc1. The molecule has 1 N–H and O–H groups in total. The van der Waals surface area contributed by atoms with Gasteiger partial charge in [-0.1, -0.05) is 19.1 Å². The summed E-state index contributed by atoms with van der Waals surface area (Å²) in [6, 6.07) is 11.7. The Labute approximate surface area is 154 Å².